The molecular weight excluding hydrogens is 326 g/mol. The van der Waals surface area contributed by atoms with Crippen molar-refractivity contribution in [2.24, 2.45) is 0 Å². The van der Waals surface area contributed by atoms with Gasteiger partial charge in [0.25, 0.3) is 0 Å². The topological polar surface area (TPSA) is 81.9 Å². The van der Waals surface area contributed by atoms with Crippen molar-refractivity contribution < 1.29 is 4.79 Å². The number of nitriles is 1. The van der Waals surface area contributed by atoms with Gasteiger partial charge in [-0.15, -0.1) is 0 Å². The number of carbonyl (C=O) groups is 1. The van der Waals surface area contributed by atoms with Crippen LogP contribution in [0, 0.1) is 11.3 Å². The summed E-state index contributed by atoms with van der Waals surface area (Å²) in [6.07, 6.45) is 3.39. The summed E-state index contributed by atoms with van der Waals surface area (Å²) in [5.74, 6) is 0.684. The number of amides is 1. The van der Waals surface area contributed by atoms with Crippen LogP contribution >= 0.6 is 0 Å². The normalized spacial score (nSPS) is 12.9. The lowest BCUT2D eigenvalue weighted by molar-refractivity contribution is -0.115. The van der Waals surface area contributed by atoms with Crippen LogP contribution < -0.4 is 10.2 Å². The largest absolute Gasteiger partial charge is 0.341 e. The molecule has 3 heterocycles. The zero-order valence-corrected chi connectivity index (χ0v) is 13.9. The number of hydrogen-bond donors (Lipinski definition) is 1. The minimum Gasteiger partial charge on any atom is -0.341 e. The zero-order chi connectivity index (χ0) is 17.9. The molecule has 0 unspecified atom stereocenters. The molecule has 3 aromatic rings. The van der Waals surface area contributed by atoms with Crippen molar-refractivity contribution in [3.05, 3.63) is 72.2 Å². The van der Waals surface area contributed by atoms with Gasteiger partial charge < -0.3 is 10.2 Å². The van der Waals surface area contributed by atoms with Gasteiger partial charge in [0, 0.05) is 30.1 Å². The van der Waals surface area contributed by atoms with Crippen LogP contribution in [0.1, 0.15) is 11.3 Å². The molecule has 6 nitrogen and oxygen atoms in total. The molecule has 0 radical (unpaired) electrons. The Morgan fingerprint density at radius 2 is 1.88 bits per heavy atom. The monoisotopic (exact) mass is 341 g/mol. The quantitative estimate of drug-likeness (QED) is 0.792. The van der Waals surface area contributed by atoms with E-state index in [1.165, 1.54) is 0 Å². The van der Waals surface area contributed by atoms with Gasteiger partial charge in [0.2, 0.25) is 5.91 Å². The molecule has 1 aliphatic heterocycles. The minimum absolute atomic E-state index is 0.0645. The van der Waals surface area contributed by atoms with E-state index < -0.39 is 0 Å². The highest BCUT2D eigenvalue weighted by Gasteiger charge is 2.23. The zero-order valence-electron chi connectivity index (χ0n) is 13.9. The molecule has 126 valence electrons. The van der Waals surface area contributed by atoms with Crippen molar-refractivity contribution in [1.82, 2.24) is 9.97 Å². The van der Waals surface area contributed by atoms with Crippen LogP contribution in [0.5, 0.6) is 0 Å². The third-order valence-corrected chi connectivity index (χ3v) is 4.20. The molecule has 1 amide bonds. The average molecular weight is 341 g/mol. The molecule has 4 rings (SSSR count). The van der Waals surface area contributed by atoms with E-state index in [0.717, 1.165) is 22.5 Å². The average Bonchev–Trinajstić information content (AvgIpc) is 2.68. The molecule has 1 aromatic carbocycles. The molecule has 0 saturated heterocycles. The molecule has 1 N–H and O–H groups in total. The van der Waals surface area contributed by atoms with E-state index in [1.54, 1.807) is 18.5 Å². The van der Waals surface area contributed by atoms with Crippen molar-refractivity contribution in [1.29, 1.82) is 5.26 Å². The molecule has 0 saturated carbocycles. The van der Waals surface area contributed by atoms with Crippen molar-refractivity contribution >= 4 is 17.4 Å². The van der Waals surface area contributed by atoms with Gasteiger partial charge >= 0.3 is 0 Å². The summed E-state index contributed by atoms with van der Waals surface area (Å²) in [6, 6.07) is 17.4. The number of benzene rings is 1. The van der Waals surface area contributed by atoms with Gasteiger partial charge in [0.05, 0.1) is 12.2 Å². The van der Waals surface area contributed by atoms with E-state index in [9.17, 15) is 4.79 Å². The number of fused-ring (bicyclic) bond motifs is 1. The Morgan fingerprint density at radius 3 is 2.62 bits per heavy atom. The van der Waals surface area contributed by atoms with Gasteiger partial charge in [0.1, 0.15) is 11.8 Å². The Kier molecular flexibility index (Phi) is 4.04. The molecular formula is C20H15N5O. The number of hydrogen-bond acceptors (Lipinski definition) is 5. The van der Waals surface area contributed by atoms with E-state index in [4.69, 9.17) is 5.26 Å². The molecule has 26 heavy (non-hydrogen) atoms. The summed E-state index contributed by atoms with van der Waals surface area (Å²) < 4.78 is 0. The van der Waals surface area contributed by atoms with E-state index in [0.29, 0.717) is 17.9 Å². The van der Waals surface area contributed by atoms with Crippen molar-refractivity contribution in [2.45, 2.75) is 6.54 Å². The van der Waals surface area contributed by atoms with Crippen LogP contribution in [-0.4, -0.2) is 22.4 Å². The highest BCUT2D eigenvalue weighted by atomic mass is 16.2. The maximum atomic E-state index is 12.1. The fourth-order valence-corrected chi connectivity index (χ4v) is 2.96. The minimum atomic E-state index is -0.0645. The summed E-state index contributed by atoms with van der Waals surface area (Å²) in [5.41, 5.74) is 3.84. The first-order valence-electron chi connectivity index (χ1n) is 8.18. The van der Waals surface area contributed by atoms with E-state index in [-0.39, 0.29) is 12.5 Å². The highest BCUT2D eigenvalue weighted by Crippen LogP contribution is 2.32. The van der Waals surface area contributed by atoms with E-state index in [1.807, 2.05) is 53.4 Å². The van der Waals surface area contributed by atoms with Gasteiger partial charge in [-0.2, -0.15) is 5.26 Å². The Balaban J connectivity index is 1.66. The maximum Gasteiger partial charge on any atom is 0.244 e. The molecule has 0 spiro atoms. The number of anilines is 2. The predicted octanol–water partition coefficient (Wildman–Crippen LogP) is 2.97. The molecule has 0 aliphatic carbocycles. The summed E-state index contributed by atoms with van der Waals surface area (Å²) in [6.45, 7) is 0.888. The van der Waals surface area contributed by atoms with Crippen LogP contribution in [0.2, 0.25) is 0 Å². The predicted molar refractivity (Wildman–Crippen MR) is 98.3 cm³/mol. The lowest BCUT2D eigenvalue weighted by Gasteiger charge is -2.30. The second kappa shape index (κ2) is 6.65. The van der Waals surface area contributed by atoms with Gasteiger partial charge in [-0.1, -0.05) is 30.3 Å². The Morgan fingerprint density at radius 1 is 1.08 bits per heavy atom. The SMILES string of the molecule is N#Cc1ccc(-c2cnc3c(c2)NC(=O)CN3Cc2ccccc2)cn1. The van der Waals surface area contributed by atoms with Gasteiger partial charge in [-0.25, -0.2) is 9.97 Å². The Labute approximate surface area is 150 Å². The van der Waals surface area contributed by atoms with Gasteiger partial charge in [-0.05, 0) is 23.8 Å². The molecule has 0 atom stereocenters. The first-order valence-corrected chi connectivity index (χ1v) is 8.18. The third-order valence-electron chi connectivity index (χ3n) is 4.20. The fourth-order valence-electron chi connectivity index (χ4n) is 2.96. The lowest BCUT2D eigenvalue weighted by Crippen LogP contribution is -2.38. The number of rotatable bonds is 3. The molecule has 1 aliphatic rings. The second-order valence-electron chi connectivity index (χ2n) is 6.03. The summed E-state index contributed by atoms with van der Waals surface area (Å²) >= 11 is 0. The summed E-state index contributed by atoms with van der Waals surface area (Å²) in [5, 5.41) is 11.8. The Hall–Kier alpha value is -3.72. The van der Waals surface area contributed by atoms with Crippen LogP contribution in [-0.2, 0) is 11.3 Å². The molecule has 0 fully saturated rings. The van der Waals surface area contributed by atoms with E-state index in [2.05, 4.69) is 15.3 Å². The standard InChI is InChI=1S/C20H15N5O/c21-9-17-7-6-15(10-22-17)16-8-18-20(23-11-16)25(13-19(26)24-18)12-14-4-2-1-3-5-14/h1-8,10-11H,12-13H2,(H,24,26). The van der Waals surface area contributed by atoms with Crippen molar-refractivity contribution in [3.63, 3.8) is 0 Å². The number of aromatic nitrogens is 2. The second-order valence-corrected chi connectivity index (χ2v) is 6.03. The van der Waals surface area contributed by atoms with Crippen LogP contribution in [0.15, 0.2) is 60.9 Å². The highest BCUT2D eigenvalue weighted by molar-refractivity contribution is 6.00. The van der Waals surface area contributed by atoms with Crippen LogP contribution in [0.25, 0.3) is 11.1 Å². The molecule has 2 aromatic heterocycles. The summed E-state index contributed by atoms with van der Waals surface area (Å²) in [4.78, 5) is 22.7. The molecule has 6 heteroatoms. The van der Waals surface area contributed by atoms with E-state index >= 15 is 0 Å². The van der Waals surface area contributed by atoms with Gasteiger partial charge in [-0.3, -0.25) is 4.79 Å². The summed E-state index contributed by atoms with van der Waals surface area (Å²) in [7, 11) is 0. The third kappa shape index (κ3) is 3.10. The van der Waals surface area contributed by atoms with Crippen molar-refractivity contribution in [2.75, 3.05) is 16.8 Å². The van der Waals surface area contributed by atoms with Gasteiger partial charge in [0.15, 0.2) is 5.82 Å². The molecule has 0 bridgehead atoms. The Bertz CT molecular complexity index is 993. The fraction of sp³-hybridized carbons (Fsp3) is 0.100. The van der Waals surface area contributed by atoms with Crippen LogP contribution in [0.4, 0.5) is 11.5 Å². The lowest BCUT2D eigenvalue weighted by atomic mass is 10.1. The number of carbonyl (C=O) groups excluding carboxylic acids is 1. The number of nitrogens with zero attached hydrogens (tertiary/aromatic N) is 4. The number of nitrogens with one attached hydrogen (secondary N) is 1. The van der Waals surface area contributed by atoms with Crippen LogP contribution in [0.3, 0.4) is 0 Å². The maximum absolute atomic E-state index is 12.1. The first-order chi connectivity index (χ1) is 12.7. The number of pyridine rings is 2. The van der Waals surface area contributed by atoms with Crippen molar-refractivity contribution in [3.8, 4) is 17.2 Å². The smallest absolute Gasteiger partial charge is 0.244 e. The first kappa shape index (κ1) is 15.8.